The van der Waals surface area contributed by atoms with Crippen LogP contribution in [0.4, 0.5) is 4.39 Å². The van der Waals surface area contributed by atoms with E-state index in [1.54, 1.807) is 19.1 Å². The second kappa shape index (κ2) is 5.01. The van der Waals surface area contributed by atoms with E-state index >= 15 is 0 Å². The van der Waals surface area contributed by atoms with Gasteiger partial charge in [0.05, 0.1) is 0 Å². The van der Waals surface area contributed by atoms with Gasteiger partial charge in [-0.2, -0.15) is 0 Å². The molecule has 1 aromatic carbocycles. The highest BCUT2D eigenvalue weighted by molar-refractivity contribution is 6.19. The zero-order valence-electron chi connectivity index (χ0n) is 8.02. The summed E-state index contributed by atoms with van der Waals surface area (Å²) in [5.41, 5.74) is 1.37. The number of rotatable bonds is 4. The monoisotopic (exact) mass is 214 g/mol. The van der Waals surface area contributed by atoms with Gasteiger partial charge in [-0.05, 0) is 36.3 Å². The first kappa shape index (κ1) is 11.1. The Kier molecular flexibility index (Phi) is 3.96. The van der Waals surface area contributed by atoms with Crippen molar-refractivity contribution in [2.45, 2.75) is 6.92 Å². The minimum Gasteiger partial charge on any atom is -0.489 e. The molecule has 0 aliphatic carbocycles. The molecule has 0 unspecified atom stereocenters. The molecule has 76 valence electrons. The number of ether oxygens (including phenoxy) is 1. The van der Waals surface area contributed by atoms with Crippen LogP contribution in [0.2, 0.25) is 0 Å². The van der Waals surface area contributed by atoms with Gasteiger partial charge in [0.15, 0.2) is 0 Å². The standard InChI is InChI=1S/C11H12ClFO/c1-8(6-12)7-14-10-3-4-11(13)9(2)5-10/h3-5H,1,6-7H2,2H3. The van der Waals surface area contributed by atoms with Crippen LogP contribution in [0.1, 0.15) is 5.56 Å². The lowest BCUT2D eigenvalue weighted by Gasteiger charge is -2.07. The van der Waals surface area contributed by atoms with Crippen molar-refractivity contribution in [2.24, 2.45) is 0 Å². The van der Waals surface area contributed by atoms with Gasteiger partial charge in [-0.3, -0.25) is 0 Å². The molecule has 0 saturated carbocycles. The molecule has 1 aromatic rings. The van der Waals surface area contributed by atoms with Crippen molar-refractivity contribution in [2.75, 3.05) is 12.5 Å². The first-order valence-corrected chi connectivity index (χ1v) is 4.78. The molecule has 0 saturated heterocycles. The molecule has 0 fully saturated rings. The van der Waals surface area contributed by atoms with Crippen LogP contribution in [0.5, 0.6) is 5.75 Å². The van der Waals surface area contributed by atoms with Crippen LogP contribution in [-0.2, 0) is 0 Å². The summed E-state index contributed by atoms with van der Waals surface area (Å²) >= 11 is 5.54. The smallest absolute Gasteiger partial charge is 0.126 e. The summed E-state index contributed by atoms with van der Waals surface area (Å²) in [6.07, 6.45) is 0. The normalized spacial score (nSPS) is 9.93. The Morgan fingerprint density at radius 1 is 1.57 bits per heavy atom. The molecule has 0 aliphatic heterocycles. The highest BCUT2D eigenvalue weighted by atomic mass is 35.5. The third-order valence-corrected chi connectivity index (χ3v) is 2.14. The number of benzene rings is 1. The van der Waals surface area contributed by atoms with Crippen molar-refractivity contribution in [1.29, 1.82) is 0 Å². The van der Waals surface area contributed by atoms with Gasteiger partial charge < -0.3 is 4.74 Å². The third kappa shape index (κ3) is 3.04. The maximum absolute atomic E-state index is 12.9. The van der Waals surface area contributed by atoms with Crippen molar-refractivity contribution in [3.63, 3.8) is 0 Å². The Hall–Kier alpha value is -1.02. The summed E-state index contributed by atoms with van der Waals surface area (Å²) in [6, 6.07) is 4.62. The molecule has 0 heterocycles. The number of hydrogen-bond donors (Lipinski definition) is 0. The largest absolute Gasteiger partial charge is 0.489 e. The molecular formula is C11H12ClFO. The van der Waals surface area contributed by atoms with E-state index in [1.807, 2.05) is 0 Å². The van der Waals surface area contributed by atoms with E-state index in [1.165, 1.54) is 6.07 Å². The summed E-state index contributed by atoms with van der Waals surface area (Å²) in [7, 11) is 0. The van der Waals surface area contributed by atoms with Crippen molar-refractivity contribution in [3.8, 4) is 5.75 Å². The molecular weight excluding hydrogens is 203 g/mol. The third-order valence-electron chi connectivity index (χ3n) is 1.76. The van der Waals surface area contributed by atoms with E-state index in [4.69, 9.17) is 16.3 Å². The molecule has 0 aromatic heterocycles. The van der Waals surface area contributed by atoms with Gasteiger partial charge in [-0.1, -0.05) is 6.58 Å². The Bertz CT molecular complexity index is 336. The Morgan fingerprint density at radius 3 is 2.86 bits per heavy atom. The molecule has 0 atom stereocenters. The van der Waals surface area contributed by atoms with E-state index in [0.29, 0.717) is 23.8 Å². The fourth-order valence-corrected chi connectivity index (χ4v) is 1.01. The summed E-state index contributed by atoms with van der Waals surface area (Å²) in [4.78, 5) is 0. The first-order valence-electron chi connectivity index (χ1n) is 4.25. The van der Waals surface area contributed by atoms with E-state index in [-0.39, 0.29) is 5.82 Å². The molecule has 3 heteroatoms. The predicted molar refractivity (Wildman–Crippen MR) is 56.5 cm³/mol. The number of alkyl halides is 1. The van der Waals surface area contributed by atoms with E-state index in [0.717, 1.165) is 5.57 Å². The summed E-state index contributed by atoms with van der Waals surface area (Å²) in [6.45, 7) is 5.76. The molecule has 0 amide bonds. The van der Waals surface area contributed by atoms with Crippen LogP contribution < -0.4 is 4.74 Å². The van der Waals surface area contributed by atoms with Crippen LogP contribution in [0.25, 0.3) is 0 Å². The quantitative estimate of drug-likeness (QED) is 0.552. The second-order valence-corrected chi connectivity index (χ2v) is 3.35. The zero-order valence-corrected chi connectivity index (χ0v) is 8.77. The molecule has 0 N–H and O–H groups in total. The van der Waals surface area contributed by atoms with Crippen LogP contribution >= 0.6 is 11.6 Å². The van der Waals surface area contributed by atoms with Crippen molar-refractivity contribution in [1.82, 2.24) is 0 Å². The maximum Gasteiger partial charge on any atom is 0.126 e. The predicted octanol–water partition coefficient (Wildman–Crippen LogP) is 3.31. The van der Waals surface area contributed by atoms with Gasteiger partial charge in [0.2, 0.25) is 0 Å². The van der Waals surface area contributed by atoms with E-state index < -0.39 is 0 Å². The molecule has 0 spiro atoms. The van der Waals surface area contributed by atoms with Gasteiger partial charge in [0.1, 0.15) is 18.2 Å². The SMILES string of the molecule is C=C(CCl)COc1ccc(F)c(C)c1. The summed E-state index contributed by atoms with van der Waals surface area (Å²) < 4.78 is 18.2. The Morgan fingerprint density at radius 2 is 2.29 bits per heavy atom. The van der Waals surface area contributed by atoms with Crippen molar-refractivity contribution >= 4 is 11.6 Å². The number of halogens is 2. The van der Waals surface area contributed by atoms with Crippen LogP contribution in [0, 0.1) is 12.7 Å². The summed E-state index contributed by atoms with van der Waals surface area (Å²) in [5.74, 6) is 0.781. The zero-order chi connectivity index (χ0) is 10.6. The van der Waals surface area contributed by atoms with Crippen LogP contribution in [0.15, 0.2) is 30.4 Å². The minimum atomic E-state index is -0.228. The van der Waals surface area contributed by atoms with Gasteiger partial charge >= 0.3 is 0 Å². The van der Waals surface area contributed by atoms with Crippen LogP contribution in [-0.4, -0.2) is 12.5 Å². The maximum atomic E-state index is 12.9. The van der Waals surface area contributed by atoms with Crippen LogP contribution in [0.3, 0.4) is 0 Å². The second-order valence-electron chi connectivity index (χ2n) is 3.08. The topological polar surface area (TPSA) is 9.23 Å². The van der Waals surface area contributed by atoms with E-state index in [2.05, 4.69) is 6.58 Å². The highest BCUT2D eigenvalue weighted by Crippen LogP contribution is 2.16. The highest BCUT2D eigenvalue weighted by Gasteiger charge is 2.00. The Labute approximate surface area is 88.1 Å². The van der Waals surface area contributed by atoms with Gasteiger partial charge in [0.25, 0.3) is 0 Å². The average molecular weight is 215 g/mol. The lowest BCUT2D eigenvalue weighted by molar-refractivity contribution is 0.352. The van der Waals surface area contributed by atoms with Gasteiger partial charge in [0, 0.05) is 5.88 Å². The number of hydrogen-bond acceptors (Lipinski definition) is 1. The van der Waals surface area contributed by atoms with Crippen molar-refractivity contribution < 1.29 is 9.13 Å². The molecule has 1 nitrogen and oxygen atoms in total. The van der Waals surface area contributed by atoms with E-state index in [9.17, 15) is 4.39 Å². The Balaban J connectivity index is 2.60. The first-order chi connectivity index (χ1) is 6.63. The molecule has 0 aliphatic rings. The fraction of sp³-hybridized carbons (Fsp3) is 0.273. The van der Waals surface area contributed by atoms with Crippen molar-refractivity contribution in [3.05, 3.63) is 41.7 Å². The van der Waals surface area contributed by atoms with Gasteiger partial charge in [-0.15, -0.1) is 11.6 Å². The average Bonchev–Trinajstić information content (AvgIpc) is 2.19. The molecule has 14 heavy (non-hydrogen) atoms. The molecule has 0 bridgehead atoms. The molecule has 1 rings (SSSR count). The lowest BCUT2D eigenvalue weighted by Crippen LogP contribution is -2.01. The number of aryl methyl sites for hydroxylation is 1. The minimum absolute atomic E-state index is 0.228. The van der Waals surface area contributed by atoms with Gasteiger partial charge in [-0.25, -0.2) is 4.39 Å². The molecule has 0 radical (unpaired) electrons. The summed E-state index contributed by atoms with van der Waals surface area (Å²) in [5, 5.41) is 0. The fourth-order valence-electron chi connectivity index (χ4n) is 0.931. The lowest BCUT2D eigenvalue weighted by atomic mass is 10.2.